The molecule has 3 rings (SSSR count). The highest BCUT2D eigenvalue weighted by Crippen LogP contribution is 2.28. The number of hydrogen-bond acceptors (Lipinski definition) is 4. The first-order valence-corrected chi connectivity index (χ1v) is 6.35. The zero-order valence-electron chi connectivity index (χ0n) is 10.2. The Morgan fingerprint density at radius 2 is 2.22 bits per heavy atom. The summed E-state index contributed by atoms with van der Waals surface area (Å²) in [6.07, 6.45) is 0.730. The average Bonchev–Trinajstić information content (AvgIpc) is 2.68. The number of fused-ring (bicyclic) bond motifs is 1. The molecule has 0 aromatic heterocycles. The van der Waals surface area contributed by atoms with Crippen LogP contribution < -0.4 is 15.5 Å². The second kappa shape index (κ2) is 4.76. The lowest BCUT2D eigenvalue weighted by Crippen LogP contribution is -2.34. The van der Waals surface area contributed by atoms with Crippen LogP contribution in [0.3, 0.4) is 0 Å². The van der Waals surface area contributed by atoms with E-state index in [9.17, 15) is 4.79 Å². The highest BCUT2D eigenvalue weighted by molar-refractivity contribution is 5.72. The van der Waals surface area contributed by atoms with Gasteiger partial charge in [0.15, 0.2) is 0 Å². The van der Waals surface area contributed by atoms with Crippen LogP contribution in [0, 0.1) is 0 Å². The molecule has 1 atom stereocenters. The summed E-state index contributed by atoms with van der Waals surface area (Å²) in [5.41, 5.74) is 2.35. The van der Waals surface area contributed by atoms with Crippen LogP contribution in [0.15, 0.2) is 24.3 Å². The highest BCUT2D eigenvalue weighted by atomic mass is 16.6. The minimum absolute atomic E-state index is 0.0522. The molecule has 18 heavy (non-hydrogen) atoms. The summed E-state index contributed by atoms with van der Waals surface area (Å²) in [6.45, 7) is 3.32. The first-order valence-electron chi connectivity index (χ1n) is 6.35. The first kappa shape index (κ1) is 11.2. The van der Waals surface area contributed by atoms with Crippen molar-refractivity contribution >= 4 is 17.5 Å². The summed E-state index contributed by atoms with van der Waals surface area (Å²) in [4.78, 5) is 13.3. The summed E-state index contributed by atoms with van der Waals surface area (Å²) >= 11 is 0. The van der Waals surface area contributed by atoms with Gasteiger partial charge < -0.3 is 20.3 Å². The topological polar surface area (TPSA) is 53.6 Å². The molecule has 96 valence electrons. The molecule has 0 spiro atoms. The minimum Gasteiger partial charge on any atom is -0.442 e. The van der Waals surface area contributed by atoms with Crippen molar-refractivity contribution < 1.29 is 9.53 Å². The van der Waals surface area contributed by atoms with Crippen molar-refractivity contribution in [1.82, 2.24) is 5.32 Å². The van der Waals surface area contributed by atoms with Crippen molar-refractivity contribution in [3.8, 4) is 0 Å². The summed E-state index contributed by atoms with van der Waals surface area (Å²) in [6, 6.07) is 8.27. The fraction of sp³-hybridized carbons (Fsp3) is 0.462. The van der Waals surface area contributed by atoms with Gasteiger partial charge in [0.1, 0.15) is 6.10 Å². The maximum absolute atomic E-state index is 11.0. The fourth-order valence-electron chi connectivity index (χ4n) is 2.48. The van der Waals surface area contributed by atoms with Crippen LogP contribution in [0.2, 0.25) is 0 Å². The van der Waals surface area contributed by atoms with Crippen LogP contribution in [0.4, 0.5) is 16.2 Å². The molecule has 1 unspecified atom stereocenters. The molecular formula is C13H17N3O2. The molecule has 1 amide bonds. The summed E-state index contributed by atoms with van der Waals surface area (Å²) in [5, 5.41) is 6.12. The van der Waals surface area contributed by atoms with Crippen LogP contribution in [-0.2, 0) is 4.74 Å². The van der Waals surface area contributed by atoms with E-state index in [2.05, 4.69) is 27.7 Å². The molecule has 2 aliphatic rings. The number of hydrogen-bond donors (Lipinski definition) is 2. The van der Waals surface area contributed by atoms with Gasteiger partial charge in [0.25, 0.3) is 0 Å². The van der Waals surface area contributed by atoms with Crippen molar-refractivity contribution in [2.45, 2.75) is 12.5 Å². The Morgan fingerprint density at radius 3 is 3.06 bits per heavy atom. The number of para-hydroxylation sites is 2. The van der Waals surface area contributed by atoms with Crippen LogP contribution in [0.25, 0.3) is 0 Å². The number of amides is 1. The molecule has 0 aliphatic carbocycles. The number of carbonyl (C=O) groups is 1. The standard InChI is InChI=1S/C13H17N3O2/c17-13-15-8-10(18-13)9-16-7-3-6-14-11-4-1-2-5-12(11)16/h1-2,4-5,10,14H,3,6-9H2,(H,15,17). The largest absolute Gasteiger partial charge is 0.442 e. The molecule has 2 N–H and O–H groups in total. The fourth-order valence-corrected chi connectivity index (χ4v) is 2.48. The molecule has 1 saturated heterocycles. The SMILES string of the molecule is O=C1NCC(CN2CCCNc3ccccc32)O1. The van der Waals surface area contributed by atoms with Crippen LogP contribution in [0.1, 0.15) is 6.42 Å². The van der Waals surface area contributed by atoms with Gasteiger partial charge in [0.2, 0.25) is 0 Å². The van der Waals surface area contributed by atoms with Crippen molar-refractivity contribution in [3.05, 3.63) is 24.3 Å². The normalized spacial score (nSPS) is 22.6. The van der Waals surface area contributed by atoms with Gasteiger partial charge in [-0.25, -0.2) is 4.79 Å². The van der Waals surface area contributed by atoms with Gasteiger partial charge in [-0.15, -0.1) is 0 Å². The first-order chi connectivity index (χ1) is 8.83. The number of anilines is 2. The van der Waals surface area contributed by atoms with Gasteiger partial charge in [-0.3, -0.25) is 0 Å². The highest BCUT2D eigenvalue weighted by Gasteiger charge is 2.26. The predicted octanol–water partition coefficient (Wildman–Crippen LogP) is 1.42. The number of cyclic esters (lactones) is 1. The molecule has 0 bridgehead atoms. The van der Waals surface area contributed by atoms with Crippen LogP contribution in [0.5, 0.6) is 0 Å². The molecule has 2 heterocycles. The van der Waals surface area contributed by atoms with E-state index in [1.54, 1.807) is 0 Å². The second-order valence-corrected chi connectivity index (χ2v) is 4.65. The Kier molecular flexibility index (Phi) is 2.96. The lowest BCUT2D eigenvalue weighted by molar-refractivity contribution is 0.142. The molecule has 1 aromatic rings. The smallest absolute Gasteiger partial charge is 0.407 e. The molecular weight excluding hydrogens is 230 g/mol. The quantitative estimate of drug-likeness (QED) is 0.830. The minimum atomic E-state index is -0.304. The van der Waals surface area contributed by atoms with E-state index < -0.39 is 0 Å². The molecule has 1 aromatic carbocycles. The number of carbonyl (C=O) groups excluding carboxylic acids is 1. The van der Waals surface area contributed by atoms with Crippen molar-refractivity contribution in [2.75, 3.05) is 36.4 Å². The lowest BCUT2D eigenvalue weighted by Gasteiger charge is -2.26. The van der Waals surface area contributed by atoms with E-state index in [4.69, 9.17) is 4.74 Å². The third kappa shape index (κ3) is 2.20. The molecule has 0 saturated carbocycles. The third-order valence-electron chi connectivity index (χ3n) is 3.34. The number of nitrogens with zero attached hydrogens (tertiary/aromatic N) is 1. The maximum Gasteiger partial charge on any atom is 0.407 e. The monoisotopic (exact) mass is 247 g/mol. The second-order valence-electron chi connectivity index (χ2n) is 4.65. The van der Waals surface area contributed by atoms with E-state index in [0.717, 1.165) is 31.7 Å². The predicted molar refractivity (Wildman–Crippen MR) is 70.0 cm³/mol. The maximum atomic E-state index is 11.0. The summed E-state index contributed by atoms with van der Waals surface area (Å²) < 4.78 is 5.21. The Morgan fingerprint density at radius 1 is 1.33 bits per heavy atom. The van der Waals surface area contributed by atoms with Crippen LogP contribution in [-0.4, -0.2) is 38.4 Å². The van der Waals surface area contributed by atoms with Gasteiger partial charge in [-0.05, 0) is 18.6 Å². The van der Waals surface area contributed by atoms with Crippen molar-refractivity contribution in [3.63, 3.8) is 0 Å². The van der Waals surface area contributed by atoms with Gasteiger partial charge in [-0.2, -0.15) is 0 Å². The number of rotatable bonds is 2. The van der Waals surface area contributed by atoms with Gasteiger partial charge in [0.05, 0.1) is 24.5 Å². The number of benzene rings is 1. The van der Waals surface area contributed by atoms with E-state index in [0.29, 0.717) is 6.54 Å². The van der Waals surface area contributed by atoms with E-state index in [-0.39, 0.29) is 12.2 Å². The molecule has 5 nitrogen and oxygen atoms in total. The number of ether oxygens (including phenoxy) is 1. The molecule has 0 radical (unpaired) electrons. The van der Waals surface area contributed by atoms with Crippen LogP contribution >= 0.6 is 0 Å². The zero-order chi connectivity index (χ0) is 12.4. The van der Waals surface area contributed by atoms with E-state index in [1.165, 1.54) is 5.69 Å². The lowest BCUT2D eigenvalue weighted by atomic mass is 10.2. The average molecular weight is 247 g/mol. The molecule has 1 fully saturated rings. The Hall–Kier alpha value is -1.91. The van der Waals surface area contributed by atoms with Gasteiger partial charge in [0, 0.05) is 13.1 Å². The number of alkyl carbamates (subject to hydrolysis) is 1. The zero-order valence-corrected chi connectivity index (χ0v) is 10.2. The van der Waals surface area contributed by atoms with Crippen molar-refractivity contribution in [1.29, 1.82) is 0 Å². The summed E-state index contributed by atoms with van der Waals surface area (Å²) in [7, 11) is 0. The van der Waals surface area contributed by atoms with Gasteiger partial charge >= 0.3 is 6.09 Å². The Balaban J connectivity index is 1.77. The third-order valence-corrected chi connectivity index (χ3v) is 3.34. The van der Waals surface area contributed by atoms with Crippen molar-refractivity contribution in [2.24, 2.45) is 0 Å². The molecule has 5 heteroatoms. The summed E-state index contributed by atoms with van der Waals surface area (Å²) in [5.74, 6) is 0. The van der Waals surface area contributed by atoms with E-state index >= 15 is 0 Å². The molecule has 2 aliphatic heterocycles. The Labute approximate surface area is 106 Å². The number of nitrogens with one attached hydrogen (secondary N) is 2. The van der Waals surface area contributed by atoms with Gasteiger partial charge in [-0.1, -0.05) is 12.1 Å². The van der Waals surface area contributed by atoms with E-state index in [1.807, 2.05) is 12.1 Å². The Bertz CT molecular complexity index is 450.